The minimum atomic E-state index is 0.0484. The Morgan fingerprint density at radius 3 is 2.59 bits per heavy atom. The Bertz CT molecular complexity index is 964. The second kappa shape index (κ2) is 10.1. The van der Waals surface area contributed by atoms with Gasteiger partial charge in [-0.05, 0) is 59.0 Å². The van der Waals surface area contributed by atoms with Crippen LogP contribution in [-0.4, -0.2) is 26.9 Å². The lowest BCUT2D eigenvalue weighted by Gasteiger charge is -2.24. The van der Waals surface area contributed by atoms with Gasteiger partial charge in [0.25, 0.3) is 5.91 Å². The minimum absolute atomic E-state index is 0.0484. The molecule has 3 aromatic rings. The number of fused-ring (bicyclic) bond motifs is 1. The quantitative estimate of drug-likeness (QED) is 0.380. The van der Waals surface area contributed by atoms with Gasteiger partial charge in [0.05, 0.1) is 23.1 Å². The molecule has 0 unspecified atom stereocenters. The molecule has 5 heteroatoms. The van der Waals surface area contributed by atoms with E-state index in [2.05, 4.69) is 59.5 Å². The van der Waals surface area contributed by atoms with Crippen LogP contribution in [-0.2, 0) is 13.1 Å². The topological polar surface area (TPSA) is 38.1 Å². The SMILES string of the molecule is CCCCn1c(CN(CCC(C)C)C(=O)c2ccccc2Br)nc2ccccc21. The van der Waals surface area contributed by atoms with E-state index in [-0.39, 0.29) is 5.91 Å². The number of hydrogen-bond acceptors (Lipinski definition) is 2. The number of hydrogen-bond donors (Lipinski definition) is 0. The second-order valence-corrected chi connectivity index (χ2v) is 8.77. The Kier molecular flexibility index (Phi) is 7.48. The van der Waals surface area contributed by atoms with Crippen LogP contribution in [0.4, 0.5) is 0 Å². The van der Waals surface area contributed by atoms with E-state index in [0.717, 1.165) is 53.7 Å². The van der Waals surface area contributed by atoms with Crippen molar-refractivity contribution in [1.29, 1.82) is 0 Å². The molecule has 3 rings (SSSR count). The van der Waals surface area contributed by atoms with E-state index in [1.807, 2.05) is 35.2 Å². The highest BCUT2D eigenvalue weighted by Gasteiger charge is 2.21. The number of halogens is 1. The van der Waals surface area contributed by atoms with Gasteiger partial charge < -0.3 is 9.47 Å². The van der Waals surface area contributed by atoms with Crippen LogP contribution in [0.2, 0.25) is 0 Å². The molecule has 0 aliphatic carbocycles. The van der Waals surface area contributed by atoms with Gasteiger partial charge in [-0.15, -0.1) is 0 Å². The largest absolute Gasteiger partial charge is 0.331 e. The van der Waals surface area contributed by atoms with Crippen molar-refractivity contribution in [2.75, 3.05) is 6.54 Å². The summed E-state index contributed by atoms with van der Waals surface area (Å²) in [6, 6.07) is 15.9. The zero-order valence-electron chi connectivity index (χ0n) is 17.6. The van der Waals surface area contributed by atoms with Crippen molar-refractivity contribution < 1.29 is 4.79 Å². The highest BCUT2D eigenvalue weighted by atomic mass is 79.9. The van der Waals surface area contributed by atoms with E-state index in [1.165, 1.54) is 0 Å². The van der Waals surface area contributed by atoms with Crippen molar-refractivity contribution in [1.82, 2.24) is 14.5 Å². The van der Waals surface area contributed by atoms with E-state index in [9.17, 15) is 4.79 Å². The molecular weight excluding hydrogens is 426 g/mol. The van der Waals surface area contributed by atoms with E-state index >= 15 is 0 Å². The Morgan fingerprint density at radius 2 is 1.86 bits per heavy atom. The number of carbonyl (C=O) groups is 1. The number of amides is 1. The summed E-state index contributed by atoms with van der Waals surface area (Å²) in [5.41, 5.74) is 2.84. The lowest BCUT2D eigenvalue weighted by atomic mass is 10.1. The minimum Gasteiger partial charge on any atom is -0.331 e. The zero-order valence-corrected chi connectivity index (χ0v) is 19.2. The van der Waals surface area contributed by atoms with Gasteiger partial charge in [-0.3, -0.25) is 4.79 Å². The number of benzene rings is 2. The molecule has 2 aromatic carbocycles. The number of aryl methyl sites for hydroxylation is 1. The molecule has 0 aliphatic heterocycles. The number of para-hydroxylation sites is 2. The third-order valence-electron chi connectivity index (χ3n) is 5.17. The smallest absolute Gasteiger partial charge is 0.255 e. The molecule has 0 fully saturated rings. The molecule has 0 atom stereocenters. The Labute approximate surface area is 182 Å². The molecule has 0 saturated heterocycles. The lowest BCUT2D eigenvalue weighted by molar-refractivity contribution is 0.0728. The molecule has 4 nitrogen and oxygen atoms in total. The third-order valence-corrected chi connectivity index (χ3v) is 5.86. The second-order valence-electron chi connectivity index (χ2n) is 7.91. The maximum atomic E-state index is 13.4. The summed E-state index contributed by atoms with van der Waals surface area (Å²) in [4.78, 5) is 20.2. The van der Waals surface area contributed by atoms with Gasteiger partial charge >= 0.3 is 0 Å². The highest BCUT2D eigenvalue weighted by molar-refractivity contribution is 9.10. The predicted molar refractivity (Wildman–Crippen MR) is 123 cm³/mol. The van der Waals surface area contributed by atoms with E-state index in [1.54, 1.807) is 0 Å². The molecule has 1 aromatic heterocycles. The van der Waals surface area contributed by atoms with Gasteiger partial charge in [-0.25, -0.2) is 4.98 Å². The first-order valence-corrected chi connectivity index (χ1v) is 11.3. The Balaban J connectivity index is 1.95. The normalized spacial score (nSPS) is 11.3. The van der Waals surface area contributed by atoms with Crippen molar-refractivity contribution in [2.24, 2.45) is 5.92 Å². The van der Waals surface area contributed by atoms with Gasteiger partial charge in [-0.1, -0.05) is 51.5 Å². The molecule has 1 heterocycles. The monoisotopic (exact) mass is 455 g/mol. The summed E-state index contributed by atoms with van der Waals surface area (Å²) in [6.45, 7) is 8.74. The predicted octanol–water partition coefficient (Wildman–Crippen LogP) is 6.29. The van der Waals surface area contributed by atoms with Gasteiger partial charge in [0.2, 0.25) is 0 Å². The molecule has 154 valence electrons. The molecule has 29 heavy (non-hydrogen) atoms. The van der Waals surface area contributed by atoms with Gasteiger partial charge in [0.15, 0.2) is 0 Å². The van der Waals surface area contributed by atoms with Crippen molar-refractivity contribution >= 4 is 32.9 Å². The number of aromatic nitrogens is 2. The van der Waals surface area contributed by atoms with Crippen LogP contribution >= 0.6 is 15.9 Å². The van der Waals surface area contributed by atoms with E-state index < -0.39 is 0 Å². The molecule has 0 bridgehead atoms. The molecular formula is C24H30BrN3O. The maximum absolute atomic E-state index is 13.4. The average Bonchev–Trinajstić information content (AvgIpc) is 3.06. The van der Waals surface area contributed by atoms with Crippen molar-refractivity contribution in [2.45, 2.75) is 53.1 Å². The van der Waals surface area contributed by atoms with E-state index in [0.29, 0.717) is 18.0 Å². The fourth-order valence-electron chi connectivity index (χ4n) is 3.45. The Morgan fingerprint density at radius 1 is 1.14 bits per heavy atom. The van der Waals surface area contributed by atoms with Crippen LogP contribution in [0.1, 0.15) is 56.2 Å². The average molecular weight is 456 g/mol. The molecule has 0 aliphatic rings. The van der Waals surface area contributed by atoms with Crippen LogP contribution in [0.3, 0.4) is 0 Å². The summed E-state index contributed by atoms with van der Waals surface area (Å²) in [5.74, 6) is 1.54. The van der Waals surface area contributed by atoms with Gasteiger partial charge in [0, 0.05) is 17.6 Å². The summed E-state index contributed by atoms with van der Waals surface area (Å²) < 4.78 is 3.12. The van der Waals surface area contributed by atoms with Crippen LogP contribution in [0.25, 0.3) is 11.0 Å². The molecule has 0 saturated carbocycles. The Hall–Kier alpha value is -2.14. The summed E-state index contributed by atoms with van der Waals surface area (Å²) in [5, 5.41) is 0. The number of carbonyl (C=O) groups excluding carboxylic acids is 1. The third kappa shape index (κ3) is 5.27. The van der Waals surface area contributed by atoms with Gasteiger partial charge in [0.1, 0.15) is 5.82 Å². The van der Waals surface area contributed by atoms with Crippen LogP contribution in [0.5, 0.6) is 0 Å². The van der Waals surface area contributed by atoms with Gasteiger partial charge in [-0.2, -0.15) is 0 Å². The van der Waals surface area contributed by atoms with E-state index in [4.69, 9.17) is 4.98 Å². The summed E-state index contributed by atoms with van der Waals surface area (Å²) in [6.07, 6.45) is 3.18. The molecule has 0 radical (unpaired) electrons. The zero-order chi connectivity index (χ0) is 20.8. The highest BCUT2D eigenvalue weighted by Crippen LogP contribution is 2.22. The first kappa shape index (κ1) is 21.6. The summed E-state index contributed by atoms with van der Waals surface area (Å²) >= 11 is 3.54. The number of unbranched alkanes of at least 4 members (excludes halogenated alkanes) is 1. The fraction of sp³-hybridized carbons (Fsp3) is 0.417. The molecule has 1 amide bonds. The molecule has 0 N–H and O–H groups in total. The first-order valence-electron chi connectivity index (χ1n) is 10.5. The van der Waals surface area contributed by atoms with Crippen molar-refractivity contribution in [3.63, 3.8) is 0 Å². The van der Waals surface area contributed by atoms with Crippen LogP contribution < -0.4 is 0 Å². The van der Waals surface area contributed by atoms with Crippen LogP contribution in [0.15, 0.2) is 53.0 Å². The van der Waals surface area contributed by atoms with Crippen molar-refractivity contribution in [3.8, 4) is 0 Å². The first-order chi connectivity index (χ1) is 14.0. The number of nitrogens with zero attached hydrogens (tertiary/aromatic N) is 3. The molecule has 0 spiro atoms. The maximum Gasteiger partial charge on any atom is 0.255 e. The number of rotatable bonds is 9. The standard InChI is InChI=1S/C24H30BrN3O/c1-4-5-15-28-22-13-9-8-12-21(22)26-23(28)17-27(16-14-18(2)3)24(29)19-10-6-7-11-20(19)25/h6-13,18H,4-5,14-17H2,1-3H3. The van der Waals surface area contributed by atoms with Crippen LogP contribution in [0, 0.1) is 5.92 Å². The lowest BCUT2D eigenvalue weighted by Crippen LogP contribution is -2.33. The summed E-state index contributed by atoms with van der Waals surface area (Å²) in [7, 11) is 0. The van der Waals surface area contributed by atoms with Crippen molar-refractivity contribution in [3.05, 3.63) is 64.4 Å². The fourth-order valence-corrected chi connectivity index (χ4v) is 3.91. The number of imidazole rings is 1.